The van der Waals surface area contributed by atoms with Crippen LogP contribution in [0.1, 0.15) is 11.5 Å². The van der Waals surface area contributed by atoms with Crippen molar-refractivity contribution in [3.8, 4) is 0 Å². The smallest absolute Gasteiger partial charge is 0.284 e. The number of benzene rings is 2. The molecule has 0 aliphatic rings. The molecule has 1 atom stereocenters. The maximum absolute atomic E-state index is 11.1. The molecule has 1 unspecified atom stereocenters. The van der Waals surface area contributed by atoms with Crippen molar-refractivity contribution in [3.05, 3.63) is 56.1 Å². The van der Waals surface area contributed by atoms with Crippen LogP contribution in [0.3, 0.4) is 0 Å². The lowest BCUT2D eigenvalue weighted by atomic mass is 9.93. The molecule has 0 aliphatic heterocycles. The average molecular weight is 310 g/mol. The lowest BCUT2D eigenvalue weighted by molar-refractivity contribution is -0.390. The number of nitrogens with two attached hydrogens (primary N) is 1. The number of fused-ring (bicyclic) bond motifs is 1. The van der Waals surface area contributed by atoms with Crippen molar-refractivity contribution in [1.82, 2.24) is 0 Å². The Morgan fingerprint density at radius 3 is 2.24 bits per heavy atom. The molecule has 0 amide bonds. The van der Waals surface area contributed by atoms with Gasteiger partial charge in [-0.2, -0.15) is 0 Å². The van der Waals surface area contributed by atoms with E-state index in [1.807, 2.05) is 0 Å². The Bertz CT molecular complexity index is 696. The number of hydrogen-bond donors (Lipinski definition) is 1. The van der Waals surface area contributed by atoms with E-state index in [9.17, 15) is 20.2 Å². The van der Waals surface area contributed by atoms with Crippen molar-refractivity contribution in [2.45, 2.75) is 5.92 Å². The zero-order valence-electron chi connectivity index (χ0n) is 10.9. The zero-order chi connectivity index (χ0) is 15.6. The van der Waals surface area contributed by atoms with Crippen LogP contribution in [0.5, 0.6) is 0 Å². The van der Waals surface area contributed by atoms with Crippen molar-refractivity contribution in [1.29, 1.82) is 0 Å². The summed E-state index contributed by atoms with van der Waals surface area (Å²) in [6.45, 7) is 0.249. The van der Waals surface area contributed by atoms with Gasteiger partial charge in [0, 0.05) is 30.5 Å². The first-order valence-electron chi connectivity index (χ1n) is 6.11. The second kappa shape index (κ2) is 6.02. The van der Waals surface area contributed by atoms with Gasteiger partial charge in [0.05, 0.1) is 9.85 Å². The van der Waals surface area contributed by atoms with E-state index < -0.39 is 9.85 Å². The molecular weight excluding hydrogens is 298 g/mol. The van der Waals surface area contributed by atoms with Crippen molar-refractivity contribution < 1.29 is 9.85 Å². The minimum absolute atomic E-state index is 0.00793. The highest BCUT2D eigenvalue weighted by molar-refractivity contribution is 6.18. The van der Waals surface area contributed by atoms with Gasteiger partial charge in [0.2, 0.25) is 0 Å². The summed E-state index contributed by atoms with van der Waals surface area (Å²) in [6, 6.07) is 7.18. The maximum Gasteiger partial charge on any atom is 0.284 e. The molecule has 2 rings (SSSR count). The van der Waals surface area contributed by atoms with Crippen LogP contribution in [0.4, 0.5) is 11.4 Å². The van der Waals surface area contributed by atoms with Crippen molar-refractivity contribution in [2.75, 3.05) is 12.4 Å². The van der Waals surface area contributed by atoms with Crippen molar-refractivity contribution in [3.63, 3.8) is 0 Å². The van der Waals surface area contributed by atoms with Crippen molar-refractivity contribution in [2.24, 2.45) is 5.73 Å². The number of nitrogens with zero attached hydrogens (tertiary/aromatic N) is 2. The first-order valence-corrected chi connectivity index (χ1v) is 6.65. The summed E-state index contributed by atoms with van der Waals surface area (Å²) < 4.78 is 0. The van der Waals surface area contributed by atoms with Gasteiger partial charge in [-0.05, 0) is 10.9 Å². The topological polar surface area (TPSA) is 112 Å². The highest BCUT2D eigenvalue weighted by Crippen LogP contribution is 2.37. The summed E-state index contributed by atoms with van der Waals surface area (Å²) in [4.78, 5) is 21.0. The fraction of sp³-hybridized carbons (Fsp3) is 0.231. The third kappa shape index (κ3) is 2.65. The summed E-state index contributed by atoms with van der Waals surface area (Å²) in [5, 5.41) is 22.7. The van der Waals surface area contributed by atoms with Gasteiger partial charge in [-0.15, -0.1) is 11.6 Å². The molecule has 0 aromatic heterocycles. The summed E-state index contributed by atoms with van der Waals surface area (Å²) in [5.41, 5.74) is 5.73. The van der Waals surface area contributed by atoms with Gasteiger partial charge in [-0.1, -0.05) is 18.2 Å². The zero-order valence-corrected chi connectivity index (χ0v) is 11.6. The number of non-ortho nitro benzene ring substituents is 2. The first-order chi connectivity index (χ1) is 10.0. The largest absolute Gasteiger partial charge is 0.330 e. The van der Waals surface area contributed by atoms with E-state index in [0.717, 1.165) is 0 Å². The molecule has 0 radical (unpaired) electrons. The summed E-state index contributed by atoms with van der Waals surface area (Å²) in [6.07, 6.45) is 0. The van der Waals surface area contributed by atoms with E-state index in [2.05, 4.69) is 0 Å². The molecule has 0 heterocycles. The number of rotatable bonds is 5. The summed E-state index contributed by atoms with van der Waals surface area (Å²) in [5.74, 6) is 0.00325. The number of nitro benzene ring substituents is 2. The van der Waals surface area contributed by atoms with Gasteiger partial charge >= 0.3 is 0 Å². The Morgan fingerprint density at radius 2 is 1.71 bits per heavy atom. The third-order valence-corrected chi connectivity index (χ3v) is 3.71. The van der Waals surface area contributed by atoms with E-state index in [4.69, 9.17) is 17.3 Å². The summed E-state index contributed by atoms with van der Waals surface area (Å²) >= 11 is 5.86. The van der Waals surface area contributed by atoms with Crippen LogP contribution in [0.15, 0.2) is 30.3 Å². The van der Waals surface area contributed by atoms with Gasteiger partial charge in [-0.25, -0.2) is 0 Å². The molecule has 0 saturated heterocycles. The molecule has 110 valence electrons. The van der Waals surface area contributed by atoms with E-state index >= 15 is 0 Å². The van der Waals surface area contributed by atoms with Gasteiger partial charge in [0.1, 0.15) is 5.39 Å². The minimum atomic E-state index is -0.628. The molecule has 0 bridgehead atoms. The molecule has 8 heteroatoms. The van der Waals surface area contributed by atoms with Gasteiger partial charge in [0.15, 0.2) is 0 Å². The highest BCUT2D eigenvalue weighted by Gasteiger charge is 2.25. The molecule has 21 heavy (non-hydrogen) atoms. The van der Waals surface area contributed by atoms with Crippen LogP contribution < -0.4 is 5.73 Å². The van der Waals surface area contributed by atoms with E-state index in [1.54, 1.807) is 12.1 Å². The van der Waals surface area contributed by atoms with Crippen LogP contribution >= 0.6 is 11.6 Å². The highest BCUT2D eigenvalue weighted by atomic mass is 35.5. The molecule has 0 aliphatic carbocycles. The van der Waals surface area contributed by atoms with E-state index in [0.29, 0.717) is 10.9 Å². The third-order valence-electron chi connectivity index (χ3n) is 3.33. The lowest BCUT2D eigenvalue weighted by Gasteiger charge is -2.14. The Kier molecular flexibility index (Phi) is 4.35. The predicted octanol–water partition coefficient (Wildman–Crippen LogP) is 2.94. The Hall–Kier alpha value is -2.25. The number of nitro groups is 2. The number of alkyl halides is 1. The minimum Gasteiger partial charge on any atom is -0.330 e. The van der Waals surface area contributed by atoms with Gasteiger partial charge in [0.25, 0.3) is 11.4 Å². The van der Waals surface area contributed by atoms with E-state index in [1.165, 1.54) is 18.2 Å². The molecule has 7 nitrogen and oxygen atoms in total. The Morgan fingerprint density at radius 1 is 1.10 bits per heavy atom. The Labute approximate surface area is 124 Å². The molecule has 2 aromatic carbocycles. The molecular formula is C13H12ClN3O4. The fourth-order valence-electron chi connectivity index (χ4n) is 2.33. The second-order valence-corrected chi connectivity index (χ2v) is 4.78. The standard InChI is InChI=1S/C13H12ClN3O4/c14-6-8(7-15)9-4-5-12(17(20)21)13-10(9)2-1-3-11(13)16(18)19/h1-5,8H,6-7,15H2. The Balaban J connectivity index is 2.89. The molecule has 2 N–H and O–H groups in total. The summed E-state index contributed by atoms with van der Waals surface area (Å²) in [7, 11) is 0. The maximum atomic E-state index is 11.1. The molecule has 0 spiro atoms. The monoisotopic (exact) mass is 309 g/mol. The second-order valence-electron chi connectivity index (χ2n) is 4.47. The average Bonchev–Trinajstić information content (AvgIpc) is 2.47. The van der Waals surface area contributed by atoms with Crippen molar-refractivity contribution >= 4 is 33.7 Å². The van der Waals surface area contributed by atoms with Crippen LogP contribution in [0.2, 0.25) is 0 Å². The normalized spacial score (nSPS) is 12.3. The fourth-order valence-corrected chi connectivity index (χ4v) is 2.62. The first kappa shape index (κ1) is 15.1. The number of halogens is 1. The van der Waals surface area contributed by atoms with Gasteiger partial charge < -0.3 is 5.73 Å². The molecule has 2 aromatic rings. The molecule has 0 fully saturated rings. The predicted molar refractivity (Wildman–Crippen MR) is 79.8 cm³/mol. The molecule has 0 saturated carbocycles. The lowest BCUT2D eigenvalue weighted by Crippen LogP contribution is -2.14. The quantitative estimate of drug-likeness (QED) is 0.518. The van der Waals surface area contributed by atoms with Crippen LogP contribution in [-0.4, -0.2) is 22.3 Å². The number of hydrogen-bond acceptors (Lipinski definition) is 5. The SMILES string of the molecule is NCC(CCl)c1ccc([N+](=O)[O-])c2c([N+](=O)[O-])cccc12. The van der Waals surface area contributed by atoms with Crippen LogP contribution in [0.25, 0.3) is 10.8 Å². The van der Waals surface area contributed by atoms with Gasteiger partial charge in [-0.3, -0.25) is 20.2 Å². The van der Waals surface area contributed by atoms with Crippen LogP contribution in [0, 0.1) is 20.2 Å². The van der Waals surface area contributed by atoms with E-state index in [-0.39, 0.29) is 35.1 Å². The van der Waals surface area contributed by atoms with Crippen LogP contribution in [-0.2, 0) is 0 Å².